The molecule has 0 aliphatic rings. The molecule has 3 aromatic heterocycles. The third-order valence-electron chi connectivity index (χ3n) is 4.14. The second-order valence-electron chi connectivity index (χ2n) is 6.51. The number of imidazole rings is 1. The fraction of sp³-hybridized carbons (Fsp3) is 0.333. The van der Waals surface area contributed by atoms with Crippen LogP contribution in [0.2, 0.25) is 0 Å². The molecule has 3 heterocycles. The minimum atomic E-state index is -0.280. The van der Waals surface area contributed by atoms with Gasteiger partial charge in [0.05, 0.1) is 17.7 Å². The lowest BCUT2D eigenvalue weighted by atomic mass is 10.2. The SMILES string of the molecule is CCCCn1cnc(CCNC(=O)Nc2nc(C)c(C#Cc3ccncc3)s2)c1. The first-order valence-corrected chi connectivity index (χ1v) is 10.4. The van der Waals surface area contributed by atoms with Crippen molar-refractivity contribution in [1.82, 2.24) is 24.8 Å². The number of amides is 2. The van der Waals surface area contributed by atoms with Crippen molar-refractivity contribution in [1.29, 1.82) is 0 Å². The molecule has 0 bridgehead atoms. The van der Waals surface area contributed by atoms with E-state index in [1.54, 1.807) is 12.4 Å². The van der Waals surface area contributed by atoms with Crippen LogP contribution in [0.4, 0.5) is 9.93 Å². The molecule has 0 saturated carbocycles. The minimum absolute atomic E-state index is 0.280. The van der Waals surface area contributed by atoms with Gasteiger partial charge in [-0.1, -0.05) is 30.6 Å². The Hall–Kier alpha value is -3.18. The number of hydrogen-bond acceptors (Lipinski definition) is 5. The van der Waals surface area contributed by atoms with Crippen molar-refractivity contribution >= 4 is 22.5 Å². The summed E-state index contributed by atoms with van der Waals surface area (Å²) in [5, 5.41) is 6.15. The number of rotatable bonds is 7. The highest BCUT2D eigenvalue weighted by Crippen LogP contribution is 2.21. The summed E-state index contributed by atoms with van der Waals surface area (Å²) in [6, 6.07) is 3.42. The molecule has 0 aliphatic carbocycles. The summed E-state index contributed by atoms with van der Waals surface area (Å²) in [6.07, 6.45) is 10.3. The summed E-state index contributed by atoms with van der Waals surface area (Å²) in [7, 11) is 0. The van der Waals surface area contributed by atoms with E-state index in [0.29, 0.717) is 18.1 Å². The maximum absolute atomic E-state index is 12.1. The van der Waals surface area contributed by atoms with Crippen LogP contribution in [-0.4, -0.2) is 32.1 Å². The number of aryl methyl sites for hydroxylation is 2. The maximum atomic E-state index is 12.1. The number of nitrogens with zero attached hydrogens (tertiary/aromatic N) is 4. The van der Waals surface area contributed by atoms with Crippen LogP contribution in [0.25, 0.3) is 0 Å². The molecule has 0 aromatic carbocycles. The fourth-order valence-corrected chi connectivity index (χ4v) is 3.39. The van der Waals surface area contributed by atoms with Crippen LogP contribution in [-0.2, 0) is 13.0 Å². The monoisotopic (exact) mass is 408 g/mol. The molecule has 0 saturated heterocycles. The van der Waals surface area contributed by atoms with Crippen LogP contribution >= 0.6 is 11.3 Å². The van der Waals surface area contributed by atoms with Gasteiger partial charge in [-0.2, -0.15) is 0 Å². The Balaban J connectivity index is 1.47. The number of thiazole rings is 1. The van der Waals surface area contributed by atoms with Gasteiger partial charge in [0.1, 0.15) is 4.88 Å². The van der Waals surface area contributed by atoms with Crippen molar-refractivity contribution in [3.8, 4) is 11.8 Å². The Morgan fingerprint density at radius 3 is 2.90 bits per heavy atom. The quantitative estimate of drug-likeness (QED) is 0.585. The minimum Gasteiger partial charge on any atom is -0.337 e. The number of carbonyl (C=O) groups is 1. The van der Waals surface area contributed by atoms with E-state index >= 15 is 0 Å². The first-order valence-electron chi connectivity index (χ1n) is 9.59. The van der Waals surface area contributed by atoms with E-state index in [1.807, 2.05) is 31.6 Å². The molecule has 2 amide bonds. The molecule has 3 aromatic rings. The number of urea groups is 1. The number of carbonyl (C=O) groups excluding carboxylic acids is 1. The molecule has 2 N–H and O–H groups in total. The second-order valence-corrected chi connectivity index (χ2v) is 7.51. The molecule has 0 spiro atoms. The summed E-state index contributed by atoms with van der Waals surface area (Å²) in [5.41, 5.74) is 2.65. The maximum Gasteiger partial charge on any atom is 0.321 e. The largest absolute Gasteiger partial charge is 0.337 e. The highest BCUT2D eigenvalue weighted by Gasteiger charge is 2.09. The van der Waals surface area contributed by atoms with Gasteiger partial charge in [-0.3, -0.25) is 10.3 Å². The highest BCUT2D eigenvalue weighted by molar-refractivity contribution is 7.16. The summed E-state index contributed by atoms with van der Waals surface area (Å²) >= 11 is 1.36. The van der Waals surface area contributed by atoms with Crippen LogP contribution < -0.4 is 10.6 Å². The van der Waals surface area contributed by atoms with E-state index in [9.17, 15) is 4.79 Å². The van der Waals surface area contributed by atoms with Crippen LogP contribution in [0.5, 0.6) is 0 Å². The van der Waals surface area contributed by atoms with Crippen molar-refractivity contribution < 1.29 is 4.79 Å². The first-order chi connectivity index (χ1) is 14.1. The zero-order valence-corrected chi connectivity index (χ0v) is 17.4. The number of aromatic nitrogens is 4. The standard InChI is InChI=1S/C21H24N6OS/c1-3-4-13-27-14-18(24-15-27)9-12-23-20(28)26-21-25-16(2)19(29-21)6-5-17-7-10-22-11-8-17/h7-8,10-11,14-15H,3-4,9,12-13H2,1-2H3,(H2,23,25,26,28). The van der Waals surface area contributed by atoms with Crippen molar-refractivity contribution in [2.24, 2.45) is 0 Å². The molecule has 0 radical (unpaired) electrons. The zero-order valence-electron chi connectivity index (χ0n) is 16.6. The van der Waals surface area contributed by atoms with Gasteiger partial charge < -0.3 is 9.88 Å². The smallest absolute Gasteiger partial charge is 0.321 e. The van der Waals surface area contributed by atoms with Gasteiger partial charge in [-0.25, -0.2) is 14.8 Å². The van der Waals surface area contributed by atoms with E-state index in [2.05, 4.69) is 48.9 Å². The van der Waals surface area contributed by atoms with Gasteiger partial charge in [0.25, 0.3) is 0 Å². The Labute approximate surface area is 174 Å². The summed E-state index contributed by atoms with van der Waals surface area (Å²) in [5.74, 6) is 6.18. The lowest BCUT2D eigenvalue weighted by Gasteiger charge is -2.04. The van der Waals surface area contributed by atoms with Crippen molar-refractivity contribution in [2.45, 2.75) is 39.7 Å². The normalized spacial score (nSPS) is 10.3. The molecule has 7 nitrogen and oxygen atoms in total. The average molecular weight is 409 g/mol. The third-order valence-corrected chi connectivity index (χ3v) is 5.13. The number of unbranched alkanes of at least 4 members (excludes halogenated alkanes) is 1. The molecular formula is C21H24N6OS. The van der Waals surface area contributed by atoms with E-state index in [-0.39, 0.29) is 6.03 Å². The van der Waals surface area contributed by atoms with Gasteiger partial charge in [0.15, 0.2) is 5.13 Å². The lowest BCUT2D eigenvalue weighted by molar-refractivity contribution is 0.252. The summed E-state index contributed by atoms with van der Waals surface area (Å²) in [4.78, 5) is 25.7. The molecule has 0 atom stereocenters. The van der Waals surface area contributed by atoms with Gasteiger partial charge in [0, 0.05) is 43.7 Å². The Bertz CT molecular complexity index is 999. The van der Waals surface area contributed by atoms with Crippen molar-refractivity contribution in [3.05, 3.63) is 58.9 Å². The first kappa shape index (κ1) is 20.6. The molecular weight excluding hydrogens is 384 g/mol. The fourth-order valence-electron chi connectivity index (χ4n) is 2.57. The van der Waals surface area contributed by atoms with Gasteiger partial charge in [-0.05, 0) is 31.4 Å². The average Bonchev–Trinajstić information content (AvgIpc) is 3.31. The van der Waals surface area contributed by atoms with Crippen LogP contribution in [0.15, 0.2) is 37.1 Å². The third kappa shape index (κ3) is 6.43. The molecule has 0 fully saturated rings. The molecule has 29 heavy (non-hydrogen) atoms. The molecule has 0 aliphatic heterocycles. The predicted molar refractivity (Wildman–Crippen MR) is 115 cm³/mol. The van der Waals surface area contributed by atoms with Gasteiger partial charge >= 0.3 is 6.03 Å². The topological polar surface area (TPSA) is 84.7 Å². The van der Waals surface area contributed by atoms with Gasteiger partial charge in [0.2, 0.25) is 0 Å². The predicted octanol–water partition coefficient (Wildman–Crippen LogP) is 3.61. The number of hydrogen-bond donors (Lipinski definition) is 2. The van der Waals surface area contributed by atoms with E-state index in [0.717, 1.165) is 41.2 Å². The number of pyridine rings is 1. The molecule has 3 rings (SSSR count). The van der Waals surface area contributed by atoms with Crippen LogP contribution in [0.3, 0.4) is 0 Å². The number of anilines is 1. The van der Waals surface area contributed by atoms with Gasteiger partial charge in [-0.15, -0.1) is 0 Å². The number of nitrogens with one attached hydrogen (secondary N) is 2. The van der Waals surface area contributed by atoms with Crippen molar-refractivity contribution in [2.75, 3.05) is 11.9 Å². The van der Waals surface area contributed by atoms with Crippen molar-refractivity contribution in [3.63, 3.8) is 0 Å². The van der Waals surface area contributed by atoms with E-state index in [4.69, 9.17) is 0 Å². The van der Waals surface area contributed by atoms with E-state index < -0.39 is 0 Å². The molecule has 8 heteroatoms. The van der Waals surface area contributed by atoms with E-state index in [1.165, 1.54) is 11.3 Å². The Kier molecular flexibility index (Phi) is 7.36. The molecule has 0 unspecified atom stereocenters. The second kappa shape index (κ2) is 10.4. The Morgan fingerprint density at radius 2 is 2.10 bits per heavy atom. The van der Waals surface area contributed by atoms with Crippen LogP contribution in [0, 0.1) is 18.8 Å². The lowest BCUT2D eigenvalue weighted by Crippen LogP contribution is -2.30. The summed E-state index contributed by atoms with van der Waals surface area (Å²) in [6.45, 7) is 5.54. The molecule has 150 valence electrons. The Morgan fingerprint density at radius 1 is 1.28 bits per heavy atom. The summed E-state index contributed by atoms with van der Waals surface area (Å²) < 4.78 is 2.09. The highest BCUT2D eigenvalue weighted by atomic mass is 32.1. The van der Waals surface area contributed by atoms with Crippen LogP contribution in [0.1, 0.15) is 41.6 Å². The zero-order chi connectivity index (χ0) is 20.5.